The standard InChI is InChI=1S/C28H30N4O3/c1-2-29-25(33)19-31-20-32(22-11-4-3-5-12-22)28(27(31)35)15-17-30(18-16-28)26(34)24-14-8-10-21-9-6-7-13-23(21)24/h3-14H,2,15-20H2,1H3,(H,29,33). The molecule has 3 amide bonds. The zero-order valence-electron chi connectivity index (χ0n) is 19.9. The Morgan fingerprint density at radius 3 is 2.34 bits per heavy atom. The molecule has 7 heteroatoms. The molecular weight excluding hydrogens is 440 g/mol. The van der Waals surface area contributed by atoms with E-state index >= 15 is 0 Å². The lowest BCUT2D eigenvalue weighted by molar-refractivity contribution is -0.137. The van der Waals surface area contributed by atoms with E-state index in [0.717, 1.165) is 16.5 Å². The fourth-order valence-corrected chi connectivity index (χ4v) is 5.41. The Balaban J connectivity index is 1.39. The third-order valence-electron chi connectivity index (χ3n) is 7.19. The van der Waals surface area contributed by atoms with Crippen LogP contribution in [0.25, 0.3) is 10.8 Å². The molecule has 0 saturated carbocycles. The summed E-state index contributed by atoms with van der Waals surface area (Å²) >= 11 is 0. The predicted molar refractivity (Wildman–Crippen MR) is 136 cm³/mol. The molecule has 2 aliphatic rings. The van der Waals surface area contributed by atoms with Gasteiger partial charge < -0.3 is 20.0 Å². The minimum atomic E-state index is -0.761. The first-order valence-electron chi connectivity index (χ1n) is 12.2. The van der Waals surface area contributed by atoms with Gasteiger partial charge in [0.05, 0.1) is 6.67 Å². The number of para-hydroxylation sites is 1. The second kappa shape index (κ2) is 9.41. The maximum Gasteiger partial charge on any atom is 0.254 e. The minimum Gasteiger partial charge on any atom is -0.355 e. The molecular formula is C28H30N4O3. The number of anilines is 1. The Labute approximate surface area is 205 Å². The van der Waals surface area contributed by atoms with Crippen LogP contribution in [0.1, 0.15) is 30.1 Å². The number of carbonyl (C=O) groups excluding carboxylic acids is 3. The highest BCUT2D eigenvalue weighted by molar-refractivity contribution is 6.07. The molecule has 3 aromatic rings. The monoisotopic (exact) mass is 470 g/mol. The van der Waals surface area contributed by atoms with Crippen molar-refractivity contribution in [2.75, 3.05) is 37.7 Å². The Bertz CT molecular complexity index is 1250. The second-order valence-corrected chi connectivity index (χ2v) is 9.21. The number of likely N-dealkylation sites (N-methyl/N-ethyl adjacent to an activating group) is 1. The molecule has 3 aromatic carbocycles. The normalized spacial score (nSPS) is 17.3. The van der Waals surface area contributed by atoms with Crippen LogP contribution in [0.15, 0.2) is 72.8 Å². The van der Waals surface area contributed by atoms with Gasteiger partial charge in [-0.15, -0.1) is 0 Å². The maximum absolute atomic E-state index is 13.7. The summed E-state index contributed by atoms with van der Waals surface area (Å²) in [7, 11) is 0. The number of amides is 3. The number of nitrogens with one attached hydrogen (secondary N) is 1. The van der Waals surface area contributed by atoms with Crippen molar-refractivity contribution < 1.29 is 14.4 Å². The molecule has 180 valence electrons. The van der Waals surface area contributed by atoms with Gasteiger partial charge in [-0.25, -0.2) is 0 Å². The predicted octanol–water partition coefficient (Wildman–Crippen LogP) is 3.26. The van der Waals surface area contributed by atoms with Crippen LogP contribution < -0.4 is 10.2 Å². The van der Waals surface area contributed by atoms with Crippen LogP contribution >= 0.6 is 0 Å². The van der Waals surface area contributed by atoms with Crippen LogP contribution in [0.4, 0.5) is 5.69 Å². The van der Waals surface area contributed by atoms with Crippen LogP contribution in [0.3, 0.4) is 0 Å². The van der Waals surface area contributed by atoms with Crippen LogP contribution in [0.5, 0.6) is 0 Å². The van der Waals surface area contributed by atoms with Gasteiger partial charge in [0.1, 0.15) is 12.1 Å². The Morgan fingerprint density at radius 1 is 0.914 bits per heavy atom. The Morgan fingerprint density at radius 2 is 1.60 bits per heavy atom. The molecule has 1 N–H and O–H groups in total. The van der Waals surface area contributed by atoms with Gasteiger partial charge in [0.15, 0.2) is 0 Å². The average molecular weight is 471 g/mol. The molecule has 2 heterocycles. The van der Waals surface area contributed by atoms with E-state index in [-0.39, 0.29) is 24.3 Å². The number of nitrogens with zero attached hydrogens (tertiary/aromatic N) is 3. The van der Waals surface area contributed by atoms with E-state index in [2.05, 4.69) is 10.2 Å². The topological polar surface area (TPSA) is 73.0 Å². The highest BCUT2D eigenvalue weighted by Gasteiger charge is 2.54. The zero-order valence-corrected chi connectivity index (χ0v) is 19.9. The van der Waals surface area contributed by atoms with Crippen molar-refractivity contribution >= 4 is 34.2 Å². The van der Waals surface area contributed by atoms with Crippen LogP contribution in [0, 0.1) is 0 Å². The number of fused-ring (bicyclic) bond motifs is 1. The molecule has 5 rings (SSSR count). The number of hydrogen-bond donors (Lipinski definition) is 1. The third-order valence-corrected chi connectivity index (χ3v) is 7.19. The van der Waals surface area contributed by atoms with E-state index in [1.165, 1.54) is 0 Å². The van der Waals surface area contributed by atoms with E-state index in [1.54, 1.807) is 4.90 Å². The number of hydrogen-bond acceptors (Lipinski definition) is 4. The van der Waals surface area contributed by atoms with Crippen molar-refractivity contribution in [3.05, 3.63) is 78.4 Å². The summed E-state index contributed by atoms with van der Waals surface area (Å²) in [6.07, 6.45) is 1.03. The molecule has 2 saturated heterocycles. The van der Waals surface area contributed by atoms with Gasteiger partial charge in [-0.05, 0) is 48.7 Å². The van der Waals surface area contributed by atoms with Gasteiger partial charge in [0.2, 0.25) is 5.91 Å². The Kier molecular flexibility index (Phi) is 6.16. The van der Waals surface area contributed by atoms with Crippen LogP contribution in [0.2, 0.25) is 0 Å². The molecule has 0 aromatic heterocycles. The summed E-state index contributed by atoms with van der Waals surface area (Å²) in [5.74, 6) is -0.202. The smallest absolute Gasteiger partial charge is 0.254 e. The van der Waals surface area contributed by atoms with E-state index in [1.807, 2.05) is 84.6 Å². The fraction of sp³-hybridized carbons (Fsp3) is 0.321. The Hall–Kier alpha value is -3.87. The van der Waals surface area contributed by atoms with Crippen molar-refractivity contribution in [2.24, 2.45) is 0 Å². The van der Waals surface area contributed by atoms with Gasteiger partial charge in [-0.1, -0.05) is 54.6 Å². The zero-order chi connectivity index (χ0) is 24.4. The first-order valence-corrected chi connectivity index (χ1v) is 12.2. The summed E-state index contributed by atoms with van der Waals surface area (Å²) in [5, 5.41) is 4.77. The highest BCUT2D eigenvalue weighted by Crippen LogP contribution is 2.39. The lowest BCUT2D eigenvalue weighted by Crippen LogP contribution is -2.57. The largest absolute Gasteiger partial charge is 0.355 e. The highest BCUT2D eigenvalue weighted by atomic mass is 16.2. The first-order chi connectivity index (χ1) is 17.0. The maximum atomic E-state index is 13.7. The molecule has 35 heavy (non-hydrogen) atoms. The van der Waals surface area contributed by atoms with Crippen molar-refractivity contribution in [1.29, 1.82) is 0 Å². The van der Waals surface area contributed by atoms with Crippen LogP contribution in [-0.4, -0.2) is 65.9 Å². The number of benzene rings is 3. The van der Waals surface area contributed by atoms with E-state index < -0.39 is 5.54 Å². The molecule has 0 aliphatic carbocycles. The van der Waals surface area contributed by atoms with Crippen molar-refractivity contribution in [3.63, 3.8) is 0 Å². The first kappa shape index (κ1) is 22.9. The SMILES string of the molecule is CCNC(=O)CN1CN(c2ccccc2)C2(CCN(C(=O)c3cccc4ccccc34)CC2)C1=O. The van der Waals surface area contributed by atoms with Gasteiger partial charge in [-0.2, -0.15) is 0 Å². The third kappa shape index (κ3) is 4.11. The van der Waals surface area contributed by atoms with Gasteiger partial charge >= 0.3 is 0 Å². The quantitative estimate of drug-likeness (QED) is 0.621. The van der Waals surface area contributed by atoms with Crippen molar-refractivity contribution in [2.45, 2.75) is 25.3 Å². The van der Waals surface area contributed by atoms with Crippen LogP contribution in [-0.2, 0) is 9.59 Å². The molecule has 7 nitrogen and oxygen atoms in total. The summed E-state index contributed by atoms with van der Waals surface area (Å²) < 4.78 is 0. The molecule has 2 fully saturated rings. The van der Waals surface area contributed by atoms with Crippen molar-refractivity contribution in [1.82, 2.24) is 15.1 Å². The lowest BCUT2D eigenvalue weighted by atomic mass is 9.85. The lowest BCUT2D eigenvalue weighted by Gasteiger charge is -2.43. The van der Waals surface area contributed by atoms with E-state index in [0.29, 0.717) is 44.7 Å². The van der Waals surface area contributed by atoms with Gasteiger partial charge in [0, 0.05) is 30.9 Å². The van der Waals surface area contributed by atoms with Gasteiger partial charge in [-0.3, -0.25) is 14.4 Å². The number of piperidine rings is 1. The summed E-state index contributed by atoms with van der Waals surface area (Å²) in [4.78, 5) is 45.1. The fourth-order valence-electron chi connectivity index (χ4n) is 5.41. The molecule has 0 unspecified atom stereocenters. The number of rotatable bonds is 5. The second-order valence-electron chi connectivity index (χ2n) is 9.21. The number of likely N-dealkylation sites (tertiary alicyclic amines) is 1. The molecule has 2 aliphatic heterocycles. The molecule has 1 spiro atoms. The van der Waals surface area contributed by atoms with Gasteiger partial charge in [0.25, 0.3) is 11.8 Å². The molecule has 0 bridgehead atoms. The average Bonchev–Trinajstić information content (AvgIpc) is 3.15. The molecule has 0 radical (unpaired) electrons. The van der Waals surface area contributed by atoms with E-state index in [4.69, 9.17) is 0 Å². The summed E-state index contributed by atoms with van der Waals surface area (Å²) in [6.45, 7) is 3.75. The molecule has 0 atom stereocenters. The van der Waals surface area contributed by atoms with E-state index in [9.17, 15) is 14.4 Å². The number of carbonyl (C=O) groups is 3. The minimum absolute atomic E-state index is 0.00691. The summed E-state index contributed by atoms with van der Waals surface area (Å²) in [6, 6.07) is 23.6. The summed E-state index contributed by atoms with van der Waals surface area (Å²) in [5.41, 5.74) is 0.881. The van der Waals surface area contributed by atoms with Crippen molar-refractivity contribution in [3.8, 4) is 0 Å².